The smallest absolute Gasteiger partial charge is 0.258 e. The Kier molecular flexibility index (Phi) is 3.35. The highest BCUT2D eigenvalue weighted by molar-refractivity contribution is 6.30. The van der Waals surface area contributed by atoms with E-state index in [1.54, 1.807) is 0 Å². The topological polar surface area (TPSA) is 77.2 Å². The van der Waals surface area contributed by atoms with E-state index in [4.69, 9.17) is 20.8 Å². The van der Waals surface area contributed by atoms with Crippen molar-refractivity contribution in [2.75, 3.05) is 6.61 Å². The van der Waals surface area contributed by atoms with Crippen LogP contribution >= 0.6 is 11.6 Å². The van der Waals surface area contributed by atoms with E-state index in [1.807, 2.05) is 0 Å². The maximum absolute atomic E-state index is 13.4. The van der Waals surface area contributed by atoms with Crippen molar-refractivity contribution in [3.63, 3.8) is 0 Å². The number of carbonyl (C=O) groups excluding carboxylic acids is 1. The zero-order valence-corrected chi connectivity index (χ0v) is 14.7. The monoisotopic (exact) mass is 377 g/mol. The van der Waals surface area contributed by atoms with Gasteiger partial charge in [0.2, 0.25) is 11.8 Å². The van der Waals surface area contributed by atoms with E-state index in [0.29, 0.717) is 11.8 Å². The Morgan fingerprint density at radius 1 is 1.35 bits per heavy atom. The van der Waals surface area contributed by atoms with Gasteiger partial charge < -0.3 is 14.5 Å². The molecule has 6 rings (SSSR count). The predicted molar refractivity (Wildman–Crippen MR) is 89.6 cm³/mol. The van der Waals surface area contributed by atoms with Crippen LogP contribution in [0.5, 0.6) is 5.75 Å². The molecule has 26 heavy (non-hydrogen) atoms. The number of carbonyl (C=O) groups is 1. The fraction of sp³-hybridized carbons (Fsp3) is 0.500. The summed E-state index contributed by atoms with van der Waals surface area (Å²) in [5, 5.41) is 11.4. The van der Waals surface area contributed by atoms with Gasteiger partial charge in [0.1, 0.15) is 11.6 Å². The highest BCUT2D eigenvalue weighted by Gasteiger charge is 2.71. The van der Waals surface area contributed by atoms with Crippen molar-refractivity contribution in [3.05, 3.63) is 40.8 Å². The van der Waals surface area contributed by atoms with Crippen LogP contribution in [0.2, 0.25) is 5.02 Å². The lowest BCUT2D eigenvalue weighted by atomic mass is 9.39. The number of nitrogens with one attached hydrogen (secondary N) is 1. The third kappa shape index (κ3) is 2.57. The minimum Gasteiger partial charge on any atom is -0.484 e. The number of aromatic nitrogens is 2. The van der Waals surface area contributed by atoms with Gasteiger partial charge in [-0.1, -0.05) is 11.6 Å². The van der Waals surface area contributed by atoms with Crippen molar-refractivity contribution in [2.45, 2.75) is 49.0 Å². The summed E-state index contributed by atoms with van der Waals surface area (Å²) < 4.78 is 24.5. The summed E-state index contributed by atoms with van der Waals surface area (Å²) in [6, 6.07) is 4.09. The molecule has 0 aliphatic heterocycles. The molecule has 8 heteroatoms. The Bertz CT molecular complexity index is 876. The quantitative estimate of drug-likeness (QED) is 0.837. The minimum absolute atomic E-state index is 0.0202. The standard InChI is InChI=1S/C18H17ClFN3O3/c19-12-4-3-11(5-13(12)20)25-6-14(24)21-18-7-17(8-18,9-18)16-23-22-15(26-16)10-1-2-10/h3-5,10H,1-2,6-9H2,(H,21,24). The normalized spacial score (nSPS) is 28.8. The number of ether oxygens (including phenoxy) is 1. The first-order valence-electron chi connectivity index (χ1n) is 8.70. The first kappa shape index (κ1) is 16.1. The van der Waals surface area contributed by atoms with E-state index in [-0.39, 0.29) is 34.2 Å². The van der Waals surface area contributed by atoms with E-state index in [1.165, 1.54) is 18.2 Å². The maximum atomic E-state index is 13.4. The zero-order valence-electron chi connectivity index (χ0n) is 13.9. The largest absolute Gasteiger partial charge is 0.484 e. The fourth-order valence-corrected chi connectivity index (χ4v) is 4.26. The first-order valence-corrected chi connectivity index (χ1v) is 9.08. The van der Waals surface area contributed by atoms with E-state index >= 15 is 0 Å². The Hall–Kier alpha value is -2.15. The van der Waals surface area contributed by atoms with Crippen molar-refractivity contribution in [2.24, 2.45) is 0 Å². The lowest BCUT2D eigenvalue weighted by Gasteiger charge is -2.68. The van der Waals surface area contributed by atoms with Crippen molar-refractivity contribution >= 4 is 17.5 Å². The van der Waals surface area contributed by atoms with Crippen LogP contribution in [0, 0.1) is 5.82 Å². The Morgan fingerprint density at radius 3 is 2.81 bits per heavy atom. The Morgan fingerprint density at radius 2 is 2.12 bits per heavy atom. The molecule has 2 bridgehead atoms. The molecule has 6 nitrogen and oxygen atoms in total. The summed E-state index contributed by atoms with van der Waals surface area (Å²) in [5.74, 6) is 1.39. The average Bonchev–Trinajstić information content (AvgIpc) is 3.29. The lowest BCUT2D eigenvalue weighted by molar-refractivity contribution is -0.143. The van der Waals surface area contributed by atoms with Gasteiger partial charge in [-0.2, -0.15) is 0 Å². The molecular formula is C18H17ClFN3O3. The number of amides is 1. The number of halogens is 2. The molecule has 0 saturated heterocycles. The first-order chi connectivity index (χ1) is 12.5. The van der Waals surface area contributed by atoms with Gasteiger partial charge in [0, 0.05) is 17.5 Å². The molecule has 1 aromatic heterocycles. The van der Waals surface area contributed by atoms with Gasteiger partial charge in [-0.15, -0.1) is 10.2 Å². The molecule has 4 aliphatic carbocycles. The Balaban J connectivity index is 1.13. The molecule has 4 saturated carbocycles. The molecular weight excluding hydrogens is 361 g/mol. The summed E-state index contributed by atoms with van der Waals surface area (Å²) in [6.07, 6.45) is 4.70. The molecule has 1 amide bonds. The summed E-state index contributed by atoms with van der Waals surface area (Å²) >= 11 is 5.62. The third-order valence-electron chi connectivity index (χ3n) is 5.52. The Labute approximate surface area is 154 Å². The van der Waals surface area contributed by atoms with Crippen molar-refractivity contribution < 1.29 is 18.3 Å². The molecule has 0 unspecified atom stereocenters. The van der Waals surface area contributed by atoms with Crippen LogP contribution < -0.4 is 10.1 Å². The molecule has 0 radical (unpaired) electrons. The zero-order chi connectivity index (χ0) is 17.9. The number of nitrogens with zero attached hydrogens (tertiary/aromatic N) is 2. The van der Waals surface area contributed by atoms with Crippen molar-refractivity contribution in [1.82, 2.24) is 15.5 Å². The van der Waals surface area contributed by atoms with Crippen LogP contribution in [0.1, 0.15) is 49.8 Å². The van der Waals surface area contributed by atoms with Gasteiger partial charge in [-0.3, -0.25) is 4.79 Å². The second-order valence-electron chi connectivity index (χ2n) is 7.72. The summed E-state index contributed by atoms with van der Waals surface area (Å²) in [5.41, 5.74) is -0.256. The molecule has 4 fully saturated rings. The number of hydrogen-bond donors (Lipinski definition) is 1. The second kappa shape index (κ2) is 5.42. The summed E-state index contributed by atoms with van der Waals surface area (Å²) in [6.45, 7) is -0.164. The van der Waals surface area contributed by atoms with E-state index < -0.39 is 5.82 Å². The van der Waals surface area contributed by atoms with Gasteiger partial charge in [0.15, 0.2) is 6.61 Å². The molecule has 4 aliphatic rings. The SMILES string of the molecule is O=C(COc1ccc(Cl)c(F)c1)NC12CC(c3nnc(C4CC4)o3)(C1)C2. The van der Waals surface area contributed by atoms with Crippen LogP contribution in [0.3, 0.4) is 0 Å². The van der Waals surface area contributed by atoms with E-state index in [9.17, 15) is 9.18 Å². The van der Waals surface area contributed by atoms with Crippen LogP contribution in [0.15, 0.2) is 22.6 Å². The van der Waals surface area contributed by atoms with Crippen molar-refractivity contribution in [1.29, 1.82) is 0 Å². The number of hydrogen-bond acceptors (Lipinski definition) is 5. The average molecular weight is 378 g/mol. The van der Waals surface area contributed by atoms with Crippen LogP contribution in [-0.2, 0) is 10.2 Å². The van der Waals surface area contributed by atoms with Crippen LogP contribution in [0.4, 0.5) is 4.39 Å². The van der Waals surface area contributed by atoms with Gasteiger partial charge in [-0.25, -0.2) is 4.39 Å². The molecule has 136 valence electrons. The van der Waals surface area contributed by atoms with Crippen molar-refractivity contribution in [3.8, 4) is 5.75 Å². The molecule has 0 spiro atoms. The van der Waals surface area contributed by atoms with E-state index in [2.05, 4.69) is 15.5 Å². The molecule has 2 aromatic rings. The molecule has 1 aromatic carbocycles. The third-order valence-corrected chi connectivity index (χ3v) is 5.82. The van der Waals surface area contributed by atoms with Crippen LogP contribution in [-0.4, -0.2) is 28.3 Å². The number of rotatable bonds is 6. The minimum atomic E-state index is -0.573. The van der Waals surface area contributed by atoms with Gasteiger partial charge in [0.25, 0.3) is 5.91 Å². The fourth-order valence-electron chi connectivity index (χ4n) is 4.14. The molecule has 1 N–H and O–H groups in total. The van der Waals surface area contributed by atoms with Gasteiger partial charge in [0.05, 0.1) is 10.4 Å². The molecule has 0 atom stereocenters. The van der Waals surface area contributed by atoms with Gasteiger partial charge >= 0.3 is 0 Å². The predicted octanol–water partition coefficient (Wildman–Crippen LogP) is 3.11. The van der Waals surface area contributed by atoms with Gasteiger partial charge in [-0.05, 0) is 44.2 Å². The van der Waals surface area contributed by atoms with E-state index in [0.717, 1.165) is 38.0 Å². The highest BCUT2D eigenvalue weighted by atomic mass is 35.5. The second-order valence-corrected chi connectivity index (χ2v) is 8.13. The number of benzene rings is 1. The molecule has 1 heterocycles. The highest BCUT2D eigenvalue weighted by Crippen LogP contribution is 2.67. The maximum Gasteiger partial charge on any atom is 0.258 e. The lowest BCUT2D eigenvalue weighted by Crippen LogP contribution is -2.77. The summed E-state index contributed by atoms with van der Waals surface area (Å²) in [7, 11) is 0. The summed E-state index contributed by atoms with van der Waals surface area (Å²) in [4.78, 5) is 12.1. The van der Waals surface area contributed by atoms with Crippen LogP contribution in [0.25, 0.3) is 0 Å².